The number of carbonyl (C=O) groups excluding carboxylic acids is 1. The summed E-state index contributed by atoms with van der Waals surface area (Å²) in [5.41, 5.74) is 8.02. The molecule has 0 saturated carbocycles. The van der Waals surface area contributed by atoms with Crippen LogP contribution < -0.4 is 10.2 Å². The quantitative estimate of drug-likeness (QED) is 0.254. The summed E-state index contributed by atoms with van der Waals surface area (Å²) in [6, 6.07) is 17.7. The summed E-state index contributed by atoms with van der Waals surface area (Å²) in [5.74, 6) is 0.616. The molecule has 6 aromatic rings. The number of piperidine rings is 1. The molecule has 9 nitrogen and oxygen atoms in total. The van der Waals surface area contributed by atoms with Gasteiger partial charge in [-0.25, -0.2) is 4.98 Å². The molecule has 40 heavy (non-hydrogen) atoms. The van der Waals surface area contributed by atoms with Gasteiger partial charge in [0.2, 0.25) is 5.91 Å². The molecule has 1 aliphatic rings. The van der Waals surface area contributed by atoms with Crippen molar-refractivity contribution in [1.29, 1.82) is 0 Å². The van der Waals surface area contributed by atoms with Crippen LogP contribution in [0, 0.1) is 0 Å². The summed E-state index contributed by atoms with van der Waals surface area (Å²) in [6.07, 6.45) is 11.1. The van der Waals surface area contributed by atoms with Crippen molar-refractivity contribution in [3.05, 3.63) is 84.9 Å². The van der Waals surface area contributed by atoms with Crippen LogP contribution in [-0.4, -0.2) is 49.1 Å². The van der Waals surface area contributed by atoms with E-state index in [1.165, 1.54) is 19.3 Å². The molecule has 0 atom stereocenters. The van der Waals surface area contributed by atoms with Crippen LogP contribution in [0.15, 0.2) is 79.4 Å². The molecular formula is C31H28N8O. The molecule has 5 heterocycles. The van der Waals surface area contributed by atoms with Gasteiger partial charge in [-0.05, 0) is 48.6 Å². The number of fused-ring (bicyclic) bond motifs is 2. The number of amides is 1. The Hall–Kier alpha value is -5.05. The van der Waals surface area contributed by atoms with Crippen LogP contribution in [0.25, 0.3) is 44.6 Å². The van der Waals surface area contributed by atoms with Crippen LogP contribution in [0.5, 0.6) is 0 Å². The average molecular weight is 529 g/mol. The number of H-pyrrole nitrogens is 2. The highest BCUT2D eigenvalue weighted by Gasteiger charge is 2.19. The summed E-state index contributed by atoms with van der Waals surface area (Å²) in [4.78, 5) is 32.3. The molecule has 1 amide bonds. The summed E-state index contributed by atoms with van der Waals surface area (Å²) in [6.45, 7) is 2.05. The zero-order valence-corrected chi connectivity index (χ0v) is 21.9. The first kappa shape index (κ1) is 24.0. The van der Waals surface area contributed by atoms with Gasteiger partial charge in [0.1, 0.15) is 11.2 Å². The molecule has 0 spiro atoms. The number of aromatic nitrogens is 6. The smallest absolute Gasteiger partial charge is 0.228 e. The van der Waals surface area contributed by atoms with Crippen LogP contribution in [0.1, 0.15) is 24.8 Å². The Labute approximate surface area is 230 Å². The molecule has 0 unspecified atom stereocenters. The number of rotatable bonds is 6. The molecule has 1 fully saturated rings. The van der Waals surface area contributed by atoms with E-state index in [0.717, 1.165) is 63.1 Å². The van der Waals surface area contributed by atoms with Gasteiger partial charge in [-0.3, -0.25) is 19.9 Å². The van der Waals surface area contributed by atoms with E-state index >= 15 is 0 Å². The van der Waals surface area contributed by atoms with Gasteiger partial charge in [0.05, 0.1) is 47.4 Å². The first-order valence-corrected chi connectivity index (χ1v) is 13.6. The lowest BCUT2D eigenvalue weighted by Gasteiger charge is -2.28. The van der Waals surface area contributed by atoms with Crippen LogP contribution in [0.3, 0.4) is 0 Å². The predicted molar refractivity (Wildman–Crippen MR) is 157 cm³/mol. The molecule has 9 heteroatoms. The molecule has 0 bridgehead atoms. The third kappa shape index (κ3) is 4.66. The molecule has 1 aliphatic heterocycles. The topological polar surface area (TPSA) is 115 Å². The lowest BCUT2D eigenvalue weighted by atomic mass is 10.0. The lowest BCUT2D eigenvalue weighted by Crippen LogP contribution is -2.29. The van der Waals surface area contributed by atoms with E-state index in [1.54, 1.807) is 12.4 Å². The van der Waals surface area contributed by atoms with Crippen LogP contribution in [0.4, 0.5) is 11.4 Å². The van der Waals surface area contributed by atoms with Gasteiger partial charge in [0.15, 0.2) is 5.82 Å². The van der Waals surface area contributed by atoms with Crippen molar-refractivity contribution < 1.29 is 4.79 Å². The van der Waals surface area contributed by atoms with Gasteiger partial charge < -0.3 is 15.2 Å². The summed E-state index contributed by atoms with van der Waals surface area (Å²) >= 11 is 0. The van der Waals surface area contributed by atoms with Gasteiger partial charge >= 0.3 is 0 Å². The first-order chi connectivity index (χ1) is 19.7. The number of nitrogens with one attached hydrogen (secondary N) is 3. The van der Waals surface area contributed by atoms with Gasteiger partial charge in [-0.2, -0.15) is 5.10 Å². The summed E-state index contributed by atoms with van der Waals surface area (Å²) in [7, 11) is 0. The van der Waals surface area contributed by atoms with Crippen LogP contribution in [-0.2, 0) is 11.2 Å². The Kier molecular flexibility index (Phi) is 6.16. The Morgan fingerprint density at radius 2 is 1.73 bits per heavy atom. The number of carbonyl (C=O) groups is 1. The molecule has 198 valence electrons. The van der Waals surface area contributed by atoms with E-state index in [2.05, 4.69) is 41.4 Å². The second-order valence-corrected chi connectivity index (χ2v) is 10.2. The zero-order valence-electron chi connectivity index (χ0n) is 21.9. The highest BCUT2D eigenvalue weighted by atomic mass is 16.1. The van der Waals surface area contributed by atoms with Gasteiger partial charge in [0, 0.05) is 30.2 Å². The van der Waals surface area contributed by atoms with Crippen molar-refractivity contribution in [2.75, 3.05) is 23.3 Å². The van der Waals surface area contributed by atoms with E-state index in [9.17, 15) is 4.79 Å². The maximum absolute atomic E-state index is 12.6. The maximum Gasteiger partial charge on any atom is 0.228 e. The van der Waals surface area contributed by atoms with E-state index < -0.39 is 0 Å². The molecule has 3 N–H and O–H groups in total. The second-order valence-electron chi connectivity index (χ2n) is 10.2. The van der Waals surface area contributed by atoms with Crippen molar-refractivity contribution in [3.8, 4) is 22.6 Å². The van der Waals surface area contributed by atoms with Gasteiger partial charge in [-0.15, -0.1) is 0 Å². The van der Waals surface area contributed by atoms with Crippen molar-refractivity contribution in [2.24, 2.45) is 0 Å². The predicted octanol–water partition coefficient (Wildman–Crippen LogP) is 5.73. The van der Waals surface area contributed by atoms with Crippen molar-refractivity contribution in [2.45, 2.75) is 25.7 Å². The molecule has 2 aromatic carbocycles. The van der Waals surface area contributed by atoms with Crippen molar-refractivity contribution >= 4 is 39.2 Å². The third-order valence-corrected chi connectivity index (χ3v) is 7.42. The molecule has 1 saturated heterocycles. The van der Waals surface area contributed by atoms with E-state index in [0.29, 0.717) is 17.9 Å². The second kappa shape index (κ2) is 10.3. The standard InChI is InChI=1S/C31H28N8O/c40-28(13-20-7-3-1-4-8-20)34-23-14-22(16-32-17-23)21-9-10-25-24(15-21)29(38-37-25)31-35-26-18-33-19-27(30(26)36-31)39-11-5-2-6-12-39/h1,3-4,7-10,14-19H,2,5-6,11-13H2,(H,34,40)(H,35,36)(H,37,38). The number of benzene rings is 2. The third-order valence-electron chi connectivity index (χ3n) is 7.42. The number of aromatic amines is 2. The molecule has 0 aliphatic carbocycles. The van der Waals surface area contributed by atoms with Crippen LogP contribution >= 0.6 is 0 Å². The first-order valence-electron chi connectivity index (χ1n) is 13.6. The SMILES string of the molecule is O=C(Cc1ccccc1)Nc1cncc(-c2ccc3[nH]nc(-c4nc5c(N6CCCCC6)cncc5[nH]4)c3c2)c1. The van der Waals surface area contributed by atoms with Gasteiger partial charge in [0.25, 0.3) is 0 Å². The normalized spacial score (nSPS) is 13.7. The average Bonchev–Trinajstić information content (AvgIpc) is 3.62. The monoisotopic (exact) mass is 528 g/mol. The number of hydrogen-bond acceptors (Lipinski definition) is 6. The van der Waals surface area contributed by atoms with Crippen LogP contribution in [0.2, 0.25) is 0 Å². The molecular weight excluding hydrogens is 500 g/mol. The fourth-order valence-electron chi connectivity index (χ4n) is 5.42. The van der Waals surface area contributed by atoms with Gasteiger partial charge in [-0.1, -0.05) is 36.4 Å². The van der Waals surface area contributed by atoms with E-state index in [4.69, 9.17) is 4.98 Å². The minimum Gasteiger partial charge on any atom is -0.368 e. The Morgan fingerprint density at radius 1 is 0.875 bits per heavy atom. The summed E-state index contributed by atoms with van der Waals surface area (Å²) in [5, 5.41) is 11.7. The fraction of sp³-hybridized carbons (Fsp3) is 0.194. The minimum atomic E-state index is -0.0824. The minimum absolute atomic E-state index is 0.0824. The highest BCUT2D eigenvalue weighted by molar-refractivity contribution is 5.98. The number of anilines is 2. The maximum atomic E-state index is 12.6. The molecule has 0 radical (unpaired) electrons. The molecule has 7 rings (SSSR count). The number of imidazole rings is 1. The van der Waals surface area contributed by atoms with E-state index in [1.807, 2.05) is 60.9 Å². The lowest BCUT2D eigenvalue weighted by molar-refractivity contribution is -0.115. The number of hydrogen-bond donors (Lipinski definition) is 3. The summed E-state index contributed by atoms with van der Waals surface area (Å²) < 4.78 is 0. The largest absolute Gasteiger partial charge is 0.368 e. The van der Waals surface area contributed by atoms with Crippen molar-refractivity contribution in [1.82, 2.24) is 30.1 Å². The van der Waals surface area contributed by atoms with Crippen molar-refractivity contribution in [3.63, 3.8) is 0 Å². The number of nitrogens with zero attached hydrogens (tertiary/aromatic N) is 5. The highest BCUT2D eigenvalue weighted by Crippen LogP contribution is 2.33. The molecule has 4 aromatic heterocycles. The number of pyridine rings is 2. The zero-order chi connectivity index (χ0) is 26.9. The Bertz CT molecular complexity index is 1820. The Morgan fingerprint density at radius 3 is 2.60 bits per heavy atom. The van der Waals surface area contributed by atoms with E-state index in [-0.39, 0.29) is 5.91 Å². The fourth-order valence-corrected chi connectivity index (χ4v) is 5.42. The Balaban J connectivity index is 1.19.